The highest BCUT2D eigenvalue weighted by molar-refractivity contribution is 9.10. The van der Waals surface area contributed by atoms with Gasteiger partial charge >= 0.3 is 6.09 Å². The van der Waals surface area contributed by atoms with E-state index >= 15 is 0 Å². The van der Waals surface area contributed by atoms with Gasteiger partial charge in [0.2, 0.25) is 0 Å². The lowest BCUT2D eigenvalue weighted by atomic mass is 9.95. The molecule has 28 heavy (non-hydrogen) atoms. The van der Waals surface area contributed by atoms with Gasteiger partial charge < -0.3 is 19.9 Å². The Bertz CT molecular complexity index is 856. The molecule has 3 rings (SSSR count). The monoisotopic (exact) mass is 449 g/mol. The molecule has 1 aromatic heterocycles. The SMILES string of the molecule is CC(C)(C)OC(=O)N1CCCC(CCNC(=O)c2cc3cc(Br)ccc3[nH]2)C1. The van der Waals surface area contributed by atoms with Crippen LogP contribution in [0.2, 0.25) is 0 Å². The second-order valence-corrected chi connectivity index (χ2v) is 9.31. The number of aromatic nitrogens is 1. The summed E-state index contributed by atoms with van der Waals surface area (Å²) in [6.07, 6.45) is 2.63. The van der Waals surface area contributed by atoms with Gasteiger partial charge in [0.1, 0.15) is 11.3 Å². The Labute approximate surface area is 174 Å². The first-order valence-electron chi connectivity index (χ1n) is 9.76. The molecule has 1 saturated heterocycles. The van der Waals surface area contributed by atoms with E-state index in [1.807, 2.05) is 45.0 Å². The van der Waals surface area contributed by atoms with E-state index in [4.69, 9.17) is 4.74 Å². The largest absolute Gasteiger partial charge is 0.444 e. The first-order valence-corrected chi connectivity index (χ1v) is 10.5. The maximum atomic E-state index is 12.4. The van der Waals surface area contributed by atoms with Gasteiger partial charge in [-0.3, -0.25) is 4.79 Å². The maximum absolute atomic E-state index is 12.4. The summed E-state index contributed by atoms with van der Waals surface area (Å²) >= 11 is 3.44. The van der Waals surface area contributed by atoms with Gasteiger partial charge in [-0.25, -0.2) is 4.79 Å². The van der Waals surface area contributed by atoms with Crippen molar-refractivity contribution >= 4 is 38.8 Å². The zero-order valence-electron chi connectivity index (χ0n) is 16.7. The number of H-pyrrole nitrogens is 1. The van der Waals surface area contributed by atoms with Crippen molar-refractivity contribution in [3.8, 4) is 0 Å². The summed E-state index contributed by atoms with van der Waals surface area (Å²) in [5.41, 5.74) is 1.02. The van der Waals surface area contributed by atoms with Crippen molar-refractivity contribution in [2.75, 3.05) is 19.6 Å². The Morgan fingerprint density at radius 1 is 1.32 bits per heavy atom. The number of hydrogen-bond acceptors (Lipinski definition) is 3. The molecule has 2 amide bonds. The normalized spacial score (nSPS) is 17.6. The summed E-state index contributed by atoms with van der Waals surface area (Å²) < 4.78 is 6.46. The Morgan fingerprint density at radius 2 is 2.11 bits per heavy atom. The van der Waals surface area contributed by atoms with Crippen LogP contribution in [0, 0.1) is 5.92 Å². The summed E-state index contributed by atoms with van der Waals surface area (Å²) in [7, 11) is 0. The van der Waals surface area contributed by atoms with Crippen molar-refractivity contribution in [3.05, 3.63) is 34.4 Å². The van der Waals surface area contributed by atoms with Crippen molar-refractivity contribution in [3.63, 3.8) is 0 Å². The average Bonchev–Trinajstić information content (AvgIpc) is 3.03. The van der Waals surface area contributed by atoms with Crippen LogP contribution < -0.4 is 5.32 Å². The van der Waals surface area contributed by atoms with Crippen molar-refractivity contribution in [2.24, 2.45) is 5.92 Å². The number of halogens is 1. The molecule has 1 aliphatic heterocycles. The molecule has 6 nitrogen and oxygen atoms in total. The molecule has 1 unspecified atom stereocenters. The molecule has 7 heteroatoms. The molecular weight excluding hydrogens is 422 g/mol. The second-order valence-electron chi connectivity index (χ2n) is 8.39. The number of nitrogens with one attached hydrogen (secondary N) is 2. The van der Waals surface area contributed by atoms with Gasteiger partial charge in [0, 0.05) is 35.0 Å². The third-order valence-electron chi connectivity index (χ3n) is 4.84. The number of hydrogen-bond donors (Lipinski definition) is 2. The van der Waals surface area contributed by atoms with E-state index in [1.165, 1.54) is 0 Å². The van der Waals surface area contributed by atoms with Gasteiger partial charge in [0.05, 0.1) is 0 Å². The fourth-order valence-electron chi connectivity index (χ4n) is 3.50. The molecule has 1 aromatic carbocycles. The van der Waals surface area contributed by atoms with Crippen LogP contribution in [0.15, 0.2) is 28.7 Å². The van der Waals surface area contributed by atoms with Crippen molar-refractivity contribution in [1.29, 1.82) is 0 Å². The Hall–Kier alpha value is -2.02. The number of carbonyl (C=O) groups excluding carboxylic acids is 2. The summed E-state index contributed by atoms with van der Waals surface area (Å²) in [4.78, 5) is 29.6. The van der Waals surface area contributed by atoms with Crippen LogP contribution >= 0.6 is 15.9 Å². The lowest BCUT2D eigenvalue weighted by molar-refractivity contribution is 0.0161. The molecule has 0 spiro atoms. The number of fused-ring (bicyclic) bond motifs is 1. The standard InChI is InChI=1S/C21H28BrN3O3/c1-21(2,3)28-20(27)25-10-4-5-14(13-25)8-9-23-19(26)18-12-15-11-16(22)6-7-17(15)24-18/h6-7,11-12,14,24H,4-5,8-10,13H2,1-3H3,(H,23,26). The lowest BCUT2D eigenvalue weighted by Gasteiger charge is -2.34. The van der Waals surface area contributed by atoms with Crippen LogP contribution in [0.3, 0.4) is 0 Å². The molecule has 152 valence electrons. The zero-order valence-corrected chi connectivity index (χ0v) is 18.3. The van der Waals surface area contributed by atoms with Gasteiger partial charge in [0.15, 0.2) is 0 Å². The zero-order chi connectivity index (χ0) is 20.3. The van der Waals surface area contributed by atoms with E-state index in [0.717, 1.165) is 41.2 Å². The Morgan fingerprint density at radius 3 is 2.86 bits per heavy atom. The Balaban J connectivity index is 1.48. The molecule has 0 aliphatic carbocycles. The van der Waals surface area contributed by atoms with E-state index < -0.39 is 5.60 Å². The van der Waals surface area contributed by atoms with Gasteiger partial charge in [-0.15, -0.1) is 0 Å². The van der Waals surface area contributed by atoms with Crippen molar-refractivity contribution < 1.29 is 14.3 Å². The Kier molecular flexibility index (Phi) is 6.33. The van der Waals surface area contributed by atoms with Crippen molar-refractivity contribution in [2.45, 2.75) is 45.6 Å². The van der Waals surface area contributed by atoms with E-state index in [9.17, 15) is 9.59 Å². The second kappa shape index (κ2) is 8.55. The topological polar surface area (TPSA) is 74.4 Å². The van der Waals surface area contributed by atoms with E-state index in [2.05, 4.69) is 26.2 Å². The number of rotatable bonds is 4. The van der Waals surface area contributed by atoms with E-state index in [0.29, 0.717) is 24.7 Å². The number of likely N-dealkylation sites (tertiary alicyclic amines) is 1. The van der Waals surface area contributed by atoms with Crippen LogP contribution in [0.25, 0.3) is 10.9 Å². The minimum Gasteiger partial charge on any atom is -0.444 e. The van der Waals surface area contributed by atoms with Crippen LogP contribution in [0.5, 0.6) is 0 Å². The number of ether oxygens (including phenoxy) is 1. The minimum atomic E-state index is -0.479. The average molecular weight is 450 g/mol. The van der Waals surface area contributed by atoms with Gasteiger partial charge in [-0.2, -0.15) is 0 Å². The lowest BCUT2D eigenvalue weighted by Crippen LogP contribution is -2.43. The van der Waals surface area contributed by atoms with Gasteiger partial charge in [-0.1, -0.05) is 15.9 Å². The van der Waals surface area contributed by atoms with Crippen LogP contribution in [0.1, 0.15) is 50.5 Å². The molecular formula is C21H28BrN3O3. The first kappa shape index (κ1) is 20.7. The molecule has 1 fully saturated rings. The van der Waals surface area contributed by atoms with Crippen molar-refractivity contribution in [1.82, 2.24) is 15.2 Å². The molecule has 0 bridgehead atoms. The molecule has 0 radical (unpaired) electrons. The third-order valence-corrected chi connectivity index (χ3v) is 5.33. The molecule has 1 atom stereocenters. The number of aromatic amines is 1. The van der Waals surface area contributed by atoms with Crippen LogP contribution in [-0.4, -0.2) is 47.1 Å². The highest BCUT2D eigenvalue weighted by Gasteiger charge is 2.27. The predicted octanol–water partition coefficient (Wildman–Crippen LogP) is 4.70. The summed E-state index contributed by atoms with van der Waals surface area (Å²) in [6, 6.07) is 7.74. The molecule has 0 saturated carbocycles. The fourth-order valence-corrected chi connectivity index (χ4v) is 3.88. The summed E-state index contributed by atoms with van der Waals surface area (Å²) in [6.45, 7) is 7.65. The van der Waals surface area contributed by atoms with Gasteiger partial charge in [-0.05, 0) is 70.2 Å². The van der Waals surface area contributed by atoms with Crippen LogP contribution in [0.4, 0.5) is 4.79 Å². The maximum Gasteiger partial charge on any atom is 0.410 e. The fraction of sp³-hybridized carbons (Fsp3) is 0.524. The summed E-state index contributed by atoms with van der Waals surface area (Å²) in [5, 5.41) is 3.99. The summed E-state index contributed by atoms with van der Waals surface area (Å²) in [5.74, 6) is 0.271. The number of amides is 2. The highest BCUT2D eigenvalue weighted by atomic mass is 79.9. The third kappa shape index (κ3) is 5.50. The molecule has 2 aromatic rings. The number of nitrogens with zero attached hydrogens (tertiary/aromatic N) is 1. The van der Waals surface area contributed by atoms with Gasteiger partial charge in [0.25, 0.3) is 5.91 Å². The minimum absolute atomic E-state index is 0.105. The smallest absolute Gasteiger partial charge is 0.410 e. The number of benzene rings is 1. The quantitative estimate of drug-likeness (QED) is 0.710. The highest BCUT2D eigenvalue weighted by Crippen LogP contribution is 2.22. The number of piperidine rings is 1. The van der Waals surface area contributed by atoms with E-state index in [-0.39, 0.29) is 12.0 Å². The van der Waals surface area contributed by atoms with Crippen LogP contribution in [-0.2, 0) is 4.74 Å². The molecule has 2 N–H and O–H groups in total. The predicted molar refractivity (Wildman–Crippen MR) is 113 cm³/mol. The van der Waals surface area contributed by atoms with E-state index in [1.54, 1.807) is 4.90 Å². The first-order chi connectivity index (χ1) is 13.2. The molecule has 1 aliphatic rings. The molecule has 2 heterocycles. The number of carbonyl (C=O) groups is 2.